The van der Waals surface area contributed by atoms with Crippen molar-refractivity contribution < 1.29 is 23.8 Å². The maximum absolute atomic E-state index is 11.7. The maximum atomic E-state index is 11.7. The van der Waals surface area contributed by atoms with E-state index in [1.807, 2.05) is 0 Å². The Bertz CT molecular complexity index is 417. The lowest BCUT2D eigenvalue weighted by atomic mass is 10.2. The molecule has 0 spiro atoms. The molecule has 18 heavy (non-hydrogen) atoms. The Kier molecular flexibility index (Phi) is 5.67. The molecule has 0 aromatic carbocycles. The second kappa shape index (κ2) is 7.03. The highest BCUT2D eigenvalue weighted by molar-refractivity contribution is 6.32. The summed E-state index contributed by atoms with van der Waals surface area (Å²) in [5.41, 5.74) is 0.210. The molecular weight excluding hydrogens is 262 g/mol. The van der Waals surface area contributed by atoms with Gasteiger partial charge in [-0.15, -0.1) is 0 Å². The molecule has 6 nitrogen and oxygen atoms in total. The van der Waals surface area contributed by atoms with E-state index in [-0.39, 0.29) is 23.7 Å². The molecular formula is C11H14ClNO5. The van der Waals surface area contributed by atoms with Gasteiger partial charge in [-0.2, -0.15) is 0 Å². The van der Waals surface area contributed by atoms with E-state index in [9.17, 15) is 9.59 Å². The van der Waals surface area contributed by atoms with E-state index in [1.54, 1.807) is 6.92 Å². The third-order valence-electron chi connectivity index (χ3n) is 2.16. The monoisotopic (exact) mass is 275 g/mol. The van der Waals surface area contributed by atoms with Crippen LogP contribution in [0.25, 0.3) is 0 Å². The average Bonchev–Trinajstić information content (AvgIpc) is 2.71. The third-order valence-corrected chi connectivity index (χ3v) is 2.45. The first-order valence-electron chi connectivity index (χ1n) is 5.39. The van der Waals surface area contributed by atoms with Crippen LogP contribution in [0.4, 0.5) is 0 Å². The zero-order valence-electron chi connectivity index (χ0n) is 9.81. The summed E-state index contributed by atoms with van der Waals surface area (Å²) in [5, 5.41) is 11.2. The largest absolute Gasteiger partial charge is 0.481 e. The van der Waals surface area contributed by atoms with E-state index in [1.165, 1.54) is 12.3 Å². The average molecular weight is 276 g/mol. The number of furan rings is 1. The molecule has 0 fully saturated rings. The van der Waals surface area contributed by atoms with Gasteiger partial charge in [0.25, 0.3) is 5.91 Å². The van der Waals surface area contributed by atoms with Gasteiger partial charge in [-0.3, -0.25) is 9.59 Å². The second-order valence-electron chi connectivity index (χ2n) is 3.49. The van der Waals surface area contributed by atoms with Gasteiger partial charge < -0.3 is 19.6 Å². The van der Waals surface area contributed by atoms with Gasteiger partial charge >= 0.3 is 5.97 Å². The minimum atomic E-state index is -0.982. The van der Waals surface area contributed by atoms with Crippen molar-refractivity contribution >= 4 is 23.5 Å². The van der Waals surface area contributed by atoms with Gasteiger partial charge in [0, 0.05) is 13.2 Å². The summed E-state index contributed by atoms with van der Waals surface area (Å²) in [7, 11) is 0. The zero-order chi connectivity index (χ0) is 13.5. The summed E-state index contributed by atoms with van der Waals surface area (Å²) in [6.07, 6.45) is 0.559. The fourth-order valence-electron chi connectivity index (χ4n) is 1.38. The predicted molar refractivity (Wildman–Crippen MR) is 63.7 cm³/mol. The molecule has 100 valence electrons. The van der Waals surface area contributed by atoms with E-state index >= 15 is 0 Å². The molecule has 0 radical (unpaired) electrons. The van der Waals surface area contributed by atoms with Crippen LogP contribution in [0.2, 0.25) is 5.22 Å². The first-order chi connectivity index (χ1) is 8.54. The molecule has 0 bridgehead atoms. The van der Waals surface area contributed by atoms with Crippen molar-refractivity contribution in [2.24, 2.45) is 0 Å². The van der Waals surface area contributed by atoms with Crippen molar-refractivity contribution in [2.75, 3.05) is 13.2 Å². The Labute approximate surface area is 109 Å². The lowest BCUT2D eigenvalue weighted by Gasteiger charge is -2.15. The first-order valence-corrected chi connectivity index (χ1v) is 5.77. The van der Waals surface area contributed by atoms with Crippen LogP contribution in [0.1, 0.15) is 23.7 Å². The molecule has 2 N–H and O–H groups in total. The number of hydrogen-bond donors (Lipinski definition) is 2. The van der Waals surface area contributed by atoms with Gasteiger partial charge in [0.05, 0.1) is 24.4 Å². The molecule has 1 unspecified atom stereocenters. The molecule has 1 atom stereocenters. The summed E-state index contributed by atoms with van der Waals surface area (Å²) in [5.74, 6) is -1.41. The van der Waals surface area contributed by atoms with Crippen molar-refractivity contribution in [1.29, 1.82) is 0 Å². The van der Waals surface area contributed by atoms with E-state index < -0.39 is 18.0 Å². The summed E-state index contributed by atoms with van der Waals surface area (Å²) >= 11 is 5.64. The fraction of sp³-hybridized carbons (Fsp3) is 0.455. The summed E-state index contributed by atoms with van der Waals surface area (Å²) in [6, 6.07) is 1.44. The lowest BCUT2D eigenvalue weighted by molar-refractivity contribution is -0.140. The summed E-state index contributed by atoms with van der Waals surface area (Å²) in [4.78, 5) is 22.2. The zero-order valence-corrected chi connectivity index (χ0v) is 10.6. The van der Waals surface area contributed by atoms with Crippen LogP contribution in [0, 0.1) is 0 Å². The predicted octanol–water partition coefficient (Wildman–Crippen LogP) is 1.54. The molecule has 0 saturated heterocycles. The highest BCUT2D eigenvalue weighted by Crippen LogP contribution is 2.16. The van der Waals surface area contributed by atoms with Crippen LogP contribution in [-0.2, 0) is 9.53 Å². The van der Waals surface area contributed by atoms with Crippen molar-refractivity contribution in [3.63, 3.8) is 0 Å². The molecule has 0 aliphatic carbocycles. The molecule has 1 aromatic rings. The number of carboxylic acids is 1. The number of aliphatic carboxylic acids is 1. The van der Waals surface area contributed by atoms with Gasteiger partial charge in [0.1, 0.15) is 0 Å². The molecule has 1 aromatic heterocycles. The molecule has 0 aliphatic heterocycles. The SMILES string of the molecule is CCOC(CNC(=O)c1ccoc1Cl)CC(=O)O. The van der Waals surface area contributed by atoms with Crippen LogP contribution >= 0.6 is 11.6 Å². The molecule has 7 heteroatoms. The molecule has 1 heterocycles. The molecule has 0 aliphatic rings. The van der Waals surface area contributed by atoms with E-state index in [2.05, 4.69) is 5.32 Å². The minimum Gasteiger partial charge on any atom is -0.481 e. The number of carbonyl (C=O) groups excluding carboxylic acids is 1. The summed E-state index contributed by atoms with van der Waals surface area (Å²) < 4.78 is 9.98. The highest BCUT2D eigenvalue weighted by Gasteiger charge is 2.17. The summed E-state index contributed by atoms with van der Waals surface area (Å²) in [6.45, 7) is 2.23. The third kappa shape index (κ3) is 4.38. The standard InChI is InChI=1S/C11H14ClNO5/c1-2-17-7(5-9(14)15)6-13-11(16)8-3-4-18-10(8)12/h3-4,7H,2,5-6H2,1H3,(H,13,16)(H,14,15). The minimum absolute atomic E-state index is 0.00121. The van der Waals surface area contributed by atoms with Gasteiger partial charge in [-0.1, -0.05) is 0 Å². The number of hydrogen-bond acceptors (Lipinski definition) is 4. The van der Waals surface area contributed by atoms with Crippen LogP contribution in [0.15, 0.2) is 16.7 Å². The van der Waals surface area contributed by atoms with Crippen molar-refractivity contribution in [2.45, 2.75) is 19.4 Å². The Balaban J connectivity index is 2.49. The van der Waals surface area contributed by atoms with Gasteiger partial charge in [0.2, 0.25) is 5.22 Å². The fourth-order valence-corrected chi connectivity index (χ4v) is 1.58. The van der Waals surface area contributed by atoms with E-state index in [0.29, 0.717) is 6.61 Å². The normalized spacial score (nSPS) is 12.1. The number of carbonyl (C=O) groups is 2. The van der Waals surface area contributed by atoms with Crippen molar-refractivity contribution in [1.82, 2.24) is 5.32 Å². The highest BCUT2D eigenvalue weighted by atomic mass is 35.5. The maximum Gasteiger partial charge on any atom is 0.306 e. The van der Waals surface area contributed by atoms with Crippen LogP contribution in [-0.4, -0.2) is 36.2 Å². The van der Waals surface area contributed by atoms with Crippen molar-refractivity contribution in [3.8, 4) is 0 Å². The number of halogens is 1. The smallest absolute Gasteiger partial charge is 0.306 e. The first kappa shape index (κ1) is 14.5. The van der Waals surface area contributed by atoms with Crippen molar-refractivity contribution in [3.05, 3.63) is 23.1 Å². The van der Waals surface area contributed by atoms with Gasteiger partial charge in [-0.05, 0) is 24.6 Å². The molecule has 1 amide bonds. The number of rotatable bonds is 7. The molecule has 0 saturated carbocycles. The molecule has 1 rings (SSSR count). The lowest BCUT2D eigenvalue weighted by Crippen LogP contribution is -2.35. The Hall–Kier alpha value is -1.53. The number of ether oxygens (including phenoxy) is 1. The Morgan fingerprint density at radius 3 is 2.83 bits per heavy atom. The van der Waals surface area contributed by atoms with Crippen LogP contribution < -0.4 is 5.32 Å². The number of carboxylic acid groups (broad SMARTS) is 1. The number of nitrogens with one attached hydrogen (secondary N) is 1. The topological polar surface area (TPSA) is 88.8 Å². The van der Waals surface area contributed by atoms with Crippen LogP contribution in [0.3, 0.4) is 0 Å². The van der Waals surface area contributed by atoms with Gasteiger partial charge in [-0.25, -0.2) is 0 Å². The quantitative estimate of drug-likeness (QED) is 0.788. The Morgan fingerprint density at radius 1 is 1.61 bits per heavy atom. The Morgan fingerprint density at radius 2 is 2.33 bits per heavy atom. The number of amides is 1. The van der Waals surface area contributed by atoms with E-state index in [4.69, 9.17) is 25.9 Å². The van der Waals surface area contributed by atoms with Crippen LogP contribution in [0.5, 0.6) is 0 Å². The second-order valence-corrected chi connectivity index (χ2v) is 3.84. The van der Waals surface area contributed by atoms with E-state index in [0.717, 1.165) is 0 Å². The van der Waals surface area contributed by atoms with Gasteiger partial charge in [0.15, 0.2) is 0 Å².